The van der Waals surface area contributed by atoms with E-state index in [-0.39, 0.29) is 5.78 Å². The van der Waals surface area contributed by atoms with Crippen LogP contribution in [-0.2, 0) is 6.42 Å². The molecule has 2 aliphatic rings. The molecule has 0 saturated heterocycles. The third-order valence-electron chi connectivity index (χ3n) is 4.69. The maximum Gasteiger partial charge on any atom is 0.231 e. The molecule has 0 bridgehead atoms. The van der Waals surface area contributed by atoms with Crippen LogP contribution in [-0.4, -0.2) is 15.3 Å². The van der Waals surface area contributed by atoms with E-state index in [1.165, 1.54) is 11.1 Å². The Hall–Kier alpha value is -2.68. The number of carbonyl (C=O) groups excluding carboxylic acids is 1. The Morgan fingerprint density at radius 3 is 2.95 bits per heavy atom. The smallest absolute Gasteiger partial charge is 0.231 e. The van der Waals surface area contributed by atoms with Crippen molar-refractivity contribution in [2.24, 2.45) is 5.92 Å². The highest BCUT2D eigenvalue weighted by Crippen LogP contribution is 2.37. The minimum atomic E-state index is 0.0607. The molecule has 0 saturated carbocycles. The molecule has 0 fully saturated rings. The van der Waals surface area contributed by atoms with Gasteiger partial charge in [0.2, 0.25) is 5.78 Å². The molecular weight excluding hydrogens is 272 g/mol. The number of carbonyl (C=O) groups is 1. The Labute approximate surface area is 127 Å². The predicted molar refractivity (Wildman–Crippen MR) is 86.4 cm³/mol. The molecule has 3 nitrogen and oxygen atoms in total. The molecule has 1 aromatic heterocycles. The van der Waals surface area contributed by atoms with Crippen molar-refractivity contribution in [3.63, 3.8) is 0 Å². The lowest BCUT2D eigenvalue weighted by Gasteiger charge is -2.18. The van der Waals surface area contributed by atoms with E-state index in [0.29, 0.717) is 11.7 Å². The Bertz CT molecular complexity index is 994. The van der Waals surface area contributed by atoms with Gasteiger partial charge in [-0.25, -0.2) is 4.98 Å². The fraction of sp³-hybridized carbons (Fsp3) is 0.158. The van der Waals surface area contributed by atoms with Gasteiger partial charge in [0.15, 0.2) is 5.82 Å². The highest BCUT2D eigenvalue weighted by Gasteiger charge is 2.34. The van der Waals surface area contributed by atoms with Crippen LogP contribution in [0.3, 0.4) is 0 Å². The zero-order valence-corrected chi connectivity index (χ0v) is 12.2. The third-order valence-corrected chi connectivity index (χ3v) is 4.69. The van der Waals surface area contributed by atoms with Gasteiger partial charge in [0.05, 0.1) is 22.3 Å². The Morgan fingerprint density at radius 2 is 2.05 bits per heavy atom. The Balaban J connectivity index is 1.87. The van der Waals surface area contributed by atoms with E-state index in [9.17, 15) is 4.79 Å². The molecule has 2 aromatic carbocycles. The summed E-state index contributed by atoms with van der Waals surface area (Å²) in [5, 5.41) is 0. The quantitative estimate of drug-likeness (QED) is 0.493. The van der Waals surface area contributed by atoms with Gasteiger partial charge in [0, 0.05) is 0 Å². The number of nitrogens with zero attached hydrogens (tertiary/aromatic N) is 2. The molecule has 3 heteroatoms. The number of para-hydroxylation sites is 2. The minimum absolute atomic E-state index is 0.0607. The first-order valence-electron chi connectivity index (χ1n) is 7.60. The minimum Gasteiger partial charge on any atom is -0.289 e. The van der Waals surface area contributed by atoms with Crippen molar-refractivity contribution in [3.05, 3.63) is 65.0 Å². The van der Waals surface area contributed by atoms with Crippen LogP contribution in [0.4, 0.5) is 0 Å². The van der Waals surface area contributed by atoms with Gasteiger partial charge in [-0.2, -0.15) is 0 Å². The first-order chi connectivity index (χ1) is 10.7. The van der Waals surface area contributed by atoms with Crippen LogP contribution in [0.1, 0.15) is 34.2 Å². The second kappa shape index (κ2) is 3.95. The van der Waals surface area contributed by atoms with Gasteiger partial charge in [0.25, 0.3) is 0 Å². The van der Waals surface area contributed by atoms with E-state index in [0.717, 1.165) is 28.7 Å². The van der Waals surface area contributed by atoms with Gasteiger partial charge in [-0.05, 0) is 41.7 Å². The van der Waals surface area contributed by atoms with Gasteiger partial charge in [-0.1, -0.05) is 37.3 Å². The maximum absolute atomic E-state index is 12.9. The van der Waals surface area contributed by atoms with Crippen molar-refractivity contribution in [1.29, 1.82) is 0 Å². The zero-order chi connectivity index (χ0) is 14.8. The second-order valence-electron chi connectivity index (χ2n) is 6.16. The molecule has 1 aliphatic heterocycles. The molecule has 0 N–H and O–H groups in total. The number of allylic oxidation sites excluding steroid dienone is 1. The molecule has 0 amide bonds. The van der Waals surface area contributed by atoms with Gasteiger partial charge in [-0.15, -0.1) is 0 Å². The van der Waals surface area contributed by atoms with Crippen molar-refractivity contribution in [3.8, 4) is 5.69 Å². The number of imidazole rings is 1. The first-order valence-corrected chi connectivity index (χ1v) is 7.60. The van der Waals surface area contributed by atoms with Crippen molar-refractivity contribution >= 4 is 22.9 Å². The summed E-state index contributed by atoms with van der Waals surface area (Å²) in [5.74, 6) is 1.08. The van der Waals surface area contributed by atoms with Crippen LogP contribution in [0, 0.1) is 5.92 Å². The highest BCUT2D eigenvalue weighted by molar-refractivity contribution is 6.16. The number of ketones is 1. The summed E-state index contributed by atoms with van der Waals surface area (Å²) in [6.45, 7) is 2.19. The van der Waals surface area contributed by atoms with Crippen LogP contribution >= 0.6 is 0 Å². The molecule has 2 heterocycles. The second-order valence-corrected chi connectivity index (χ2v) is 6.16. The number of fused-ring (bicyclic) bond motifs is 7. The lowest BCUT2D eigenvalue weighted by molar-refractivity contribution is 0.103. The van der Waals surface area contributed by atoms with Crippen LogP contribution < -0.4 is 0 Å². The fourth-order valence-electron chi connectivity index (χ4n) is 3.66. The summed E-state index contributed by atoms with van der Waals surface area (Å²) in [6.07, 6.45) is 5.27. The summed E-state index contributed by atoms with van der Waals surface area (Å²) in [6, 6.07) is 12.1. The molecule has 22 heavy (non-hydrogen) atoms. The Morgan fingerprint density at radius 1 is 1.18 bits per heavy atom. The highest BCUT2D eigenvalue weighted by atomic mass is 16.1. The average molecular weight is 286 g/mol. The molecule has 1 atom stereocenters. The molecule has 106 valence electrons. The van der Waals surface area contributed by atoms with Crippen molar-refractivity contribution in [2.45, 2.75) is 13.3 Å². The summed E-state index contributed by atoms with van der Waals surface area (Å²) in [4.78, 5) is 17.5. The van der Waals surface area contributed by atoms with E-state index in [4.69, 9.17) is 0 Å². The third kappa shape index (κ3) is 1.36. The summed E-state index contributed by atoms with van der Waals surface area (Å²) < 4.78 is 2.01. The average Bonchev–Trinajstić information content (AvgIpc) is 3.04. The van der Waals surface area contributed by atoms with Crippen molar-refractivity contribution < 1.29 is 4.79 Å². The molecular formula is C19H14N2O. The van der Waals surface area contributed by atoms with Gasteiger partial charge >= 0.3 is 0 Å². The van der Waals surface area contributed by atoms with Gasteiger partial charge < -0.3 is 0 Å². The van der Waals surface area contributed by atoms with E-state index in [1.54, 1.807) is 0 Å². The standard InChI is InChI=1S/C19H14N2O/c1-11-6-7-12-8-9-16-17(13(12)10-11)18(22)19-20-14-4-2-3-5-15(14)21(16)19/h2-9,11H,10H2,1H3. The lowest BCUT2D eigenvalue weighted by Crippen LogP contribution is -2.10. The largest absolute Gasteiger partial charge is 0.289 e. The fourth-order valence-corrected chi connectivity index (χ4v) is 3.66. The van der Waals surface area contributed by atoms with Gasteiger partial charge in [-0.3, -0.25) is 9.36 Å². The number of benzene rings is 2. The first kappa shape index (κ1) is 11.9. The van der Waals surface area contributed by atoms with Crippen molar-refractivity contribution in [1.82, 2.24) is 9.55 Å². The molecule has 1 unspecified atom stereocenters. The summed E-state index contributed by atoms with van der Waals surface area (Å²) in [7, 11) is 0. The van der Waals surface area contributed by atoms with Crippen LogP contribution in [0.2, 0.25) is 0 Å². The topological polar surface area (TPSA) is 34.9 Å². The summed E-state index contributed by atoms with van der Waals surface area (Å²) >= 11 is 0. The van der Waals surface area contributed by atoms with E-state index in [1.807, 2.05) is 28.8 Å². The van der Waals surface area contributed by atoms with E-state index >= 15 is 0 Å². The molecule has 0 spiro atoms. The van der Waals surface area contributed by atoms with Crippen LogP contribution in [0.15, 0.2) is 42.5 Å². The molecule has 1 aliphatic carbocycles. The zero-order valence-electron chi connectivity index (χ0n) is 12.2. The Kier molecular flexibility index (Phi) is 2.14. The number of hydrogen-bond donors (Lipinski definition) is 0. The predicted octanol–water partition coefficient (Wildman–Crippen LogP) is 3.78. The number of rotatable bonds is 0. The molecule has 3 aromatic rings. The SMILES string of the molecule is CC1C=Cc2ccc3c(c2C1)C(=O)c1nc2ccccc2n1-3. The lowest BCUT2D eigenvalue weighted by atomic mass is 9.86. The van der Waals surface area contributed by atoms with Crippen molar-refractivity contribution in [2.75, 3.05) is 0 Å². The molecule has 0 radical (unpaired) electrons. The number of hydrogen-bond acceptors (Lipinski definition) is 2. The van der Waals surface area contributed by atoms with E-state index < -0.39 is 0 Å². The monoisotopic (exact) mass is 286 g/mol. The number of aromatic nitrogens is 2. The maximum atomic E-state index is 12.9. The van der Waals surface area contributed by atoms with Crippen LogP contribution in [0.25, 0.3) is 22.8 Å². The normalized spacial score (nSPS) is 18.4. The summed E-state index contributed by atoms with van der Waals surface area (Å²) in [5.41, 5.74) is 6.05. The van der Waals surface area contributed by atoms with Crippen LogP contribution in [0.5, 0.6) is 0 Å². The molecule has 5 rings (SSSR count). The van der Waals surface area contributed by atoms with E-state index in [2.05, 4.69) is 36.2 Å². The van der Waals surface area contributed by atoms with Gasteiger partial charge in [0.1, 0.15) is 0 Å².